The Balaban J connectivity index is 2.34. The van der Waals surface area contributed by atoms with Gasteiger partial charge in [-0.3, -0.25) is 4.21 Å². The van der Waals surface area contributed by atoms with Crippen molar-refractivity contribution < 1.29 is 4.21 Å². The number of benzene rings is 1. The molecule has 0 bridgehead atoms. The number of halogens is 1. The molecule has 2 unspecified atom stereocenters. The second kappa shape index (κ2) is 6.58. The van der Waals surface area contributed by atoms with Crippen LogP contribution in [0.4, 0.5) is 0 Å². The van der Waals surface area contributed by atoms with E-state index in [1.54, 1.807) is 0 Å². The monoisotopic (exact) mass is 346 g/mol. The first-order chi connectivity index (χ1) is 8.69. The highest BCUT2D eigenvalue weighted by molar-refractivity contribution is 9.10. The molecule has 18 heavy (non-hydrogen) atoms. The van der Waals surface area contributed by atoms with Crippen LogP contribution >= 0.6 is 27.7 Å². The van der Waals surface area contributed by atoms with Gasteiger partial charge >= 0.3 is 0 Å². The Morgan fingerprint density at radius 3 is 2.72 bits per heavy atom. The first-order valence-corrected chi connectivity index (χ1v) is 9.57. The predicted octanol–water partition coefficient (Wildman–Crippen LogP) is 4.68. The van der Waals surface area contributed by atoms with Gasteiger partial charge in [0.05, 0.1) is 0 Å². The average Bonchev–Trinajstić information content (AvgIpc) is 2.39. The van der Waals surface area contributed by atoms with Crippen molar-refractivity contribution in [2.75, 3.05) is 11.5 Å². The van der Waals surface area contributed by atoms with Crippen molar-refractivity contribution >= 4 is 38.5 Å². The van der Waals surface area contributed by atoms with E-state index in [1.165, 1.54) is 5.56 Å². The SMILES string of the molecule is CCCCC1(c2ccc(Br)cc2)SCCCS1=O. The van der Waals surface area contributed by atoms with Gasteiger partial charge in [0.25, 0.3) is 0 Å². The van der Waals surface area contributed by atoms with E-state index in [0.29, 0.717) is 0 Å². The van der Waals surface area contributed by atoms with Gasteiger partial charge in [-0.15, -0.1) is 11.8 Å². The minimum atomic E-state index is -0.748. The number of hydrogen-bond acceptors (Lipinski definition) is 2. The third-order valence-electron chi connectivity index (χ3n) is 3.32. The minimum absolute atomic E-state index is 0.158. The summed E-state index contributed by atoms with van der Waals surface area (Å²) in [6.07, 6.45) is 4.43. The van der Waals surface area contributed by atoms with Crippen molar-refractivity contribution in [1.29, 1.82) is 0 Å². The van der Waals surface area contributed by atoms with Crippen LogP contribution in [0, 0.1) is 0 Å². The van der Waals surface area contributed by atoms with Gasteiger partial charge in [0.1, 0.15) is 4.08 Å². The van der Waals surface area contributed by atoms with Crippen LogP contribution in [0.2, 0.25) is 0 Å². The maximum atomic E-state index is 12.6. The zero-order valence-electron chi connectivity index (χ0n) is 10.7. The maximum Gasteiger partial charge on any atom is 0.116 e. The Morgan fingerprint density at radius 1 is 1.39 bits per heavy atom. The summed E-state index contributed by atoms with van der Waals surface area (Å²) in [5.74, 6) is 1.98. The van der Waals surface area contributed by atoms with Crippen LogP contribution in [0.5, 0.6) is 0 Å². The van der Waals surface area contributed by atoms with Gasteiger partial charge in [-0.05, 0) is 36.3 Å². The van der Waals surface area contributed by atoms with Gasteiger partial charge in [0, 0.05) is 21.0 Å². The fourth-order valence-corrected chi connectivity index (χ4v) is 6.51. The summed E-state index contributed by atoms with van der Waals surface area (Å²) in [5, 5.41) is 0. The largest absolute Gasteiger partial charge is 0.258 e. The smallest absolute Gasteiger partial charge is 0.116 e. The molecule has 1 saturated heterocycles. The molecule has 0 spiro atoms. The van der Waals surface area contributed by atoms with Crippen LogP contribution in [-0.2, 0) is 14.9 Å². The molecule has 0 aromatic heterocycles. The van der Waals surface area contributed by atoms with E-state index >= 15 is 0 Å². The molecule has 0 N–H and O–H groups in total. The molecule has 1 aromatic carbocycles. The molecule has 0 amide bonds. The first kappa shape index (κ1) is 14.6. The van der Waals surface area contributed by atoms with Gasteiger partial charge < -0.3 is 0 Å². The van der Waals surface area contributed by atoms with E-state index in [0.717, 1.165) is 41.7 Å². The Labute approximate surface area is 125 Å². The normalized spacial score (nSPS) is 28.2. The summed E-state index contributed by atoms with van der Waals surface area (Å²) in [7, 11) is -0.748. The van der Waals surface area contributed by atoms with Crippen LogP contribution < -0.4 is 0 Å². The number of hydrogen-bond donors (Lipinski definition) is 0. The molecule has 2 rings (SSSR count). The van der Waals surface area contributed by atoms with Crippen molar-refractivity contribution in [3.63, 3.8) is 0 Å². The lowest BCUT2D eigenvalue weighted by atomic mass is 10.1. The van der Waals surface area contributed by atoms with Gasteiger partial charge in [-0.2, -0.15) is 0 Å². The lowest BCUT2D eigenvalue weighted by molar-refractivity contribution is 0.621. The molecule has 1 heterocycles. The third-order valence-corrected chi connectivity index (χ3v) is 7.99. The maximum absolute atomic E-state index is 12.6. The van der Waals surface area contributed by atoms with E-state index in [9.17, 15) is 4.21 Å². The molecule has 1 nitrogen and oxygen atoms in total. The molecule has 1 aromatic rings. The van der Waals surface area contributed by atoms with Crippen molar-refractivity contribution in [3.05, 3.63) is 34.3 Å². The van der Waals surface area contributed by atoms with Crippen molar-refractivity contribution in [1.82, 2.24) is 0 Å². The highest BCUT2D eigenvalue weighted by Gasteiger charge is 2.40. The summed E-state index contributed by atoms with van der Waals surface area (Å²) >= 11 is 5.37. The standard InChI is InChI=1S/C14H19BrOS2/c1-2-3-9-14(17-10-4-11-18(14)16)12-5-7-13(15)8-6-12/h5-8H,2-4,9-11H2,1H3. The van der Waals surface area contributed by atoms with Crippen LogP contribution in [0.15, 0.2) is 28.7 Å². The molecule has 100 valence electrons. The molecule has 0 aliphatic carbocycles. The molecule has 2 atom stereocenters. The lowest BCUT2D eigenvalue weighted by Gasteiger charge is -2.36. The van der Waals surface area contributed by atoms with Crippen molar-refractivity contribution in [3.8, 4) is 0 Å². The molecular formula is C14H19BrOS2. The summed E-state index contributed by atoms with van der Waals surface area (Å²) in [5.41, 5.74) is 1.24. The summed E-state index contributed by atoms with van der Waals surface area (Å²) in [6, 6.07) is 8.40. The average molecular weight is 347 g/mol. The van der Waals surface area contributed by atoms with Crippen LogP contribution in [0.25, 0.3) is 0 Å². The lowest BCUT2D eigenvalue weighted by Crippen LogP contribution is -2.33. The molecular weight excluding hydrogens is 328 g/mol. The molecule has 0 saturated carbocycles. The van der Waals surface area contributed by atoms with Gasteiger partial charge in [-0.25, -0.2) is 0 Å². The fraction of sp³-hybridized carbons (Fsp3) is 0.571. The van der Waals surface area contributed by atoms with Crippen molar-refractivity contribution in [2.45, 2.75) is 36.7 Å². The second-order valence-corrected chi connectivity index (χ2v) is 8.98. The van der Waals surface area contributed by atoms with Gasteiger partial charge in [0.15, 0.2) is 0 Å². The minimum Gasteiger partial charge on any atom is -0.258 e. The second-order valence-electron chi connectivity index (χ2n) is 4.62. The topological polar surface area (TPSA) is 17.1 Å². The van der Waals surface area contributed by atoms with Crippen LogP contribution in [0.3, 0.4) is 0 Å². The molecule has 1 aliphatic heterocycles. The predicted molar refractivity (Wildman–Crippen MR) is 85.4 cm³/mol. The number of unbranched alkanes of at least 4 members (excludes halogenated alkanes) is 1. The fourth-order valence-electron chi connectivity index (χ4n) is 2.32. The van der Waals surface area contributed by atoms with Crippen LogP contribution in [0.1, 0.15) is 38.2 Å². The van der Waals surface area contributed by atoms with E-state index in [4.69, 9.17) is 0 Å². The zero-order valence-corrected chi connectivity index (χ0v) is 13.9. The van der Waals surface area contributed by atoms with Gasteiger partial charge in [-0.1, -0.05) is 47.8 Å². The van der Waals surface area contributed by atoms with Crippen LogP contribution in [-0.4, -0.2) is 15.7 Å². The summed E-state index contributed by atoms with van der Waals surface area (Å²) in [4.78, 5) is 0. The number of rotatable bonds is 4. The molecule has 1 fully saturated rings. The molecule has 4 heteroatoms. The van der Waals surface area contributed by atoms with Crippen molar-refractivity contribution in [2.24, 2.45) is 0 Å². The first-order valence-electron chi connectivity index (χ1n) is 6.47. The molecule has 1 aliphatic rings. The Hall–Kier alpha value is 0.200. The third kappa shape index (κ3) is 3.02. The zero-order chi connectivity index (χ0) is 13.0. The Morgan fingerprint density at radius 2 is 2.11 bits per heavy atom. The summed E-state index contributed by atoms with van der Waals surface area (Å²) in [6.45, 7) is 2.20. The van der Waals surface area contributed by atoms with E-state index in [-0.39, 0.29) is 4.08 Å². The quantitative estimate of drug-likeness (QED) is 0.787. The molecule has 0 radical (unpaired) electrons. The van der Waals surface area contributed by atoms with E-state index in [2.05, 4.69) is 47.1 Å². The summed E-state index contributed by atoms with van der Waals surface area (Å²) < 4.78 is 13.5. The van der Waals surface area contributed by atoms with E-state index in [1.807, 2.05) is 11.8 Å². The highest BCUT2D eigenvalue weighted by Crippen LogP contribution is 2.47. The highest BCUT2D eigenvalue weighted by atomic mass is 79.9. The van der Waals surface area contributed by atoms with Gasteiger partial charge in [0.2, 0.25) is 0 Å². The number of thioether (sulfide) groups is 1. The Bertz CT molecular complexity index is 418. The Kier molecular flexibility index (Phi) is 5.34. The van der Waals surface area contributed by atoms with E-state index < -0.39 is 10.8 Å².